The van der Waals surface area contributed by atoms with Crippen LogP contribution in [-0.4, -0.2) is 45.6 Å². The minimum absolute atomic E-state index is 0.0575. The zero-order chi connectivity index (χ0) is 26.8. The third-order valence-corrected chi connectivity index (χ3v) is 7.09. The van der Waals surface area contributed by atoms with E-state index in [2.05, 4.69) is 11.2 Å². The lowest BCUT2D eigenvalue weighted by atomic mass is 9.77. The van der Waals surface area contributed by atoms with Gasteiger partial charge >= 0.3 is 11.6 Å². The molecule has 0 N–H and O–H groups in total. The molecule has 196 valence electrons. The normalized spacial score (nSPS) is 19.7. The summed E-state index contributed by atoms with van der Waals surface area (Å²) in [7, 11) is 3.23. The molecule has 1 aliphatic heterocycles. The van der Waals surface area contributed by atoms with E-state index in [1.807, 2.05) is 55.5 Å². The summed E-state index contributed by atoms with van der Waals surface area (Å²) < 4.78 is 12.0. The number of benzene rings is 2. The summed E-state index contributed by atoms with van der Waals surface area (Å²) in [6.45, 7) is 2.22. The van der Waals surface area contributed by atoms with Crippen LogP contribution in [-0.2, 0) is 6.54 Å². The maximum Gasteiger partial charge on any atom is 0.320 e. The van der Waals surface area contributed by atoms with Crippen LogP contribution in [0.4, 0.5) is 5.69 Å². The Morgan fingerprint density at radius 1 is 1.11 bits per heavy atom. The molecule has 1 amide bonds. The van der Waals surface area contributed by atoms with E-state index in [0.29, 0.717) is 12.3 Å². The van der Waals surface area contributed by atoms with Crippen molar-refractivity contribution in [1.29, 1.82) is 0 Å². The molecule has 0 spiro atoms. The number of nitro groups is 1. The van der Waals surface area contributed by atoms with Crippen molar-refractivity contribution in [3.05, 3.63) is 87.2 Å². The highest BCUT2D eigenvalue weighted by Crippen LogP contribution is 2.45. The van der Waals surface area contributed by atoms with Gasteiger partial charge in [0.2, 0.25) is 5.69 Å². The van der Waals surface area contributed by atoms with E-state index < -0.39 is 16.9 Å². The fourth-order valence-electron chi connectivity index (χ4n) is 5.17. The number of hydrogen-bond donors (Lipinski definition) is 0. The lowest BCUT2D eigenvalue weighted by Crippen LogP contribution is -2.32. The van der Waals surface area contributed by atoms with Crippen LogP contribution in [0.1, 0.15) is 53.8 Å². The fourth-order valence-corrected chi connectivity index (χ4v) is 5.17. The largest absolute Gasteiger partial charge is 0.497 e. The molecule has 10 heteroatoms. The quantitative estimate of drug-likeness (QED) is 0.313. The lowest BCUT2D eigenvalue weighted by Gasteiger charge is -2.29. The van der Waals surface area contributed by atoms with Gasteiger partial charge in [0, 0.05) is 12.5 Å². The number of ether oxygens (including phenoxy) is 2. The minimum atomic E-state index is -0.588. The molecule has 2 atom stereocenters. The SMILES string of the molecule is CCn1cc([N+](=O)[O-])c(C(=O)N2N=C3/C(=C/c4ccc(OC)cc4)CCC[C@@H]3[C@H]2c2ccc(OC)cc2)n1. The Morgan fingerprint density at radius 3 is 2.37 bits per heavy atom. The zero-order valence-corrected chi connectivity index (χ0v) is 21.5. The van der Waals surface area contributed by atoms with Crippen molar-refractivity contribution in [2.24, 2.45) is 11.0 Å². The van der Waals surface area contributed by atoms with Gasteiger partial charge in [-0.3, -0.25) is 19.6 Å². The molecule has 0 radical (unpaired) electrons. The number of methoxy groups -OCH3 is 2. The summed E-state index contributed by atoms with van der Waals surface area (Å²) in [6, 6.07) is 14.9. The molecule has 1 saturated carbocycles. The van der Waals surface area contributed by atoms with Crippen LogP contribution in [0.3, 0.4) is 0 Å². The number of nitrogens with zero attached hydrogens (tertiary/aromatic N) is 5. The first-order valence-electron chi connectivity index (χ1n) is 12.6. The Hall–Kier alpha value is -4.47. The van der Waals surface area contributed by atoms with Crippen molar-refractivity contribution in [1.82, 2.24) is 14.8 Å². The molecule has 2 heterocycles. The van der Waals surface area contributed by atoms with Crippen LogP contribution in [0.5, 0.6) is 11.5 Å². The van der Waals surface area contributed by atoms with E-state index in [0.717, 1.165) is 47.4 Å². The monoisotopic (exact) mass is 515 g/mol. The van der Waals surface area contributed by atoms with E-state index in [-0.39, 0.29) is 17.3 Å². The van der Waals surface area contributed by atoms with Gasteiger partial charge < -0.3 is 9.47 Å². The molecule has 3 aromatic rings. The fraction of sp³-hybridized carbons (Fsp3) is 0.321. The maximum absolute atomic E-state index is 13.9. The van der Waals surface area contributed by atoms with E-state index in [4.69, 9.17) is 14.6 Å². The Kier molecular flexibility index (Phi) is 6.95. The Balaban J connectivity index is 1.59. The summed E-state index contributed by atoms with van der Waals surface area (Å²) >= 11 is 0. The van der Waals surface area contributed by atoms with E-state index >= 15 is 0 Å². The van der Waals surface area contributed by atoms with Gasteiger partial charge in [-0.25, -0.2) is 5.01 Å². The highest BCUT2D eigenvalue weighted by molar-refractivity contribution is 6.09. The number of aromatic nitrogens is 2. The molecular weight excluding hydrogens is 486 g/mol. The molecule has 1 aromatic heterocycles. The van der Waals surface area contributed by atoms with Crippen LogP contribution >= 0.6 is 0 Å². The van der Waals surface area contributed by atoms with Gasteiger partial charge in [-0.15, -0.1) is 0 Å². The smallest absolute Gasteiger partial charge is 0.320 e. The number of carbonyl (C=O) groups excluding carboxylic acids is 1. The summed E-state index contributed by atoms with van der Waals surface area (Å²) in [5, 5.41) is 22.2. The molecule has 1 aliphatic carbocycles. The third-order valence-electron chi connectivity index (χ3n) is 7.09. The molecule has 0 bridgehead atoms. The van der Waals surface area contributed by atoms with Gasteiger partial charge in [-0.05, 0) is 73.2 Å². The van der Waals surface area contributed by atoms with Gasteiger partial charge in [0.1, 0.15) is 17.7 Å². The van der Waals surface area contributed by atoms with Crippen LogP contribution in [0, 0.1) is 16.0 Å². The second kappa shape index (κ2) is 10.5. The predicted molar refractivity (Wildman–Crippen MR) is 142 cm³/mol. The first-order chi connectivity index (χ1) is 18.4. The Labute approximate surface area is 220 Å². The minimum Gasteiger partial charge on any atom is -0.497 e. The van der Waals surface area contributed by atoms with Gasteiger partial charge in [0.25, 0.3) is 0 Å². The number of hydrogen-bond acceptors (Lipinski definition) is 7. The molecule has 10 nitrogen and oxygen atoms in total. The summed E-state index contributed by atoms with van der Waals surface area (Å²) in [6.07, 6.45) is 5.98. The summed E-state index contributed by atoms with van der Waals surface area (Å²) in [4.78, 5) is 25.1. The average molecular weight is 516 g/mol. The van der Waals surface area contributed by atoms with Crippen molar-refractivity contribution in [2.75, 3.05) is 14.2 Å². The second-order valence-electron chi connectivity index (χ2n) is 9.27. The first kappa shape index (κ1) is 25.2. The van der Waals surface area contributed by atoms with Crippen LogP contribution in [0.2, 0.25) is 0 Å². The number of fused-ring (bicyclic) bond motifs is 1. The molecule has 0 unspecified atom stereocenters. The van der Waals surface area contributed by atoms with E-state index in [9.17, 15) is 14.9 Å². The molecule has 2 aliphatic rings. The Bertz CT molecular complexity index is 1410. The predicted octanol–water partition coefficient (Wildman–Crippen LogP) is 5.27. The molecule has 1 fully saturated rings. The van der Waals surface area contributed by atoms with Crippen LogP contribution < -0.4 is 9.47 Å². The number of carbonyl (C=O) groups is 1. The number of hydrazone groups is 1. The van der Waals surface area contributed by atoms with Crippen molar-refractivity contribution in [3.63, 3.8) is 0 Å². The number of rotatable bonds is 7. The second-order valence-corrected chi connectivity index (χ2v) is 9.27. The highest BCUT2D eigenvalue weighted by atomic mass is 16.6. The standard InChI is InChI=1S/C28H29N5O5/c1-4-31-17-24(33(35)36)26(29-31)28(34)32-27(19-10-14-22(38-3)15-11-19)23-7-5-6-20(25(23)30-32)16-18-8-12-21(37-2)13-9-18/h8-17,23,27H,4-7H2,1-3H3/b20-16+/t23-,27+/m0/s1. The van der Waals surface area contributed by atoms with Gasteiger partial charge in [0.05, 0.1) is 30.9 Å². The van der Waals surface area contributed by atoms with Crippen molar-refractivity contribution in [2.45, 2.75) is 38.8 Å². The Morgan fingerprint density at radius 2 is 1.76 bits per heavy atom. The van der Waals surface area contributed by atoms with E-state index in [1.165, 1.54) is 15.9 Å². The van der Waals surface area contributed by atoms with Crippen LogP contribution in [0.15, 0.2) is 65.4 Å². The van der Waals surface area contributed by atoms with Crippen molar-refractivity contribution in [3.8, 4) is 11.5 Å². The van der Waals surface area contributed by atoms with Gasteiger partial charge in [0.15, 0.2) is 0 Å². The molecule has 38 heavy (non-hydrogen) atoms. The molecule has 2 aromatic carbocycles. The topological polar surface area (TPSA) is 112 Å². The maximum atomic E-state index is 13.9. The van der Waals surface area contributed by atoms with E-state index in [1.54, 1.807) is 14.2 Å². The molecular formula is C28H29N5O5. The zero-order valence-electron chi connectivity index (χ0n) is 21.5. The van der Waals surface area contributed by atoms with Crippen molar-refractivity contribution < 1.29 is 19.2 Å². The van der Waals surface area contributed by atoms with Crippen LogP contribution in [0.25, 0.3) is 6.08 Å². The first-order valence-corrected chi connectivity index (χ1v) is 12.6. The summed E-state index contributed by atoms with van der Waals surface area (Å²) in [5.41, 5.74) is 3.24. The van der Waals surface area contributed by atoms with Gasteiger partial charge in [-0.2, -0.15) is 10.2 Å². The average Bonchev–Trinajstić information content (AvgIpc) is 3.56. The van der Waals surface area contributed by atoms with Gasteiger partial charge in [-0.1, -0.05) is 24.3 Å². The third kappa shape index (κ3) is 4.65. The number of aryl methyl sites for hydroxylation is 1. The summed E-state index contributed by atoms with van der Waals surface area (Å²) in [5.74, 6) is 0.830. The lowest BCUT2D eigenvalue weighted by molar-refractivity contribution is -0.385. The highest BCUT2D eigenvalue weighted by Gasteiger charge is 2.45. The molecule has 0 saturated heterocycles. The number of allylic oxidation sites excluding steroid dienone is 1. The molecule has 5 rings (SSSR count). The number of amides is 1. The van der Waals surface area contributed by atoms with Crippen molar-refractivity contribution >= 4 is 23.4 Å².